The van der Waals surface area contributed by atoms with E-state index >= 15 is 0 Å². The van der Waals surface area contributed by atoms with Crippen LogP contribution >= 0.6 is 0 Å². The van der Waals surface area contributed by atoms with Crippen LogP contribution < -0.4 is 4.90 Å². The van der Waals surface area contributed by atoms with Crippen LogP contribution in [0.25, 0.3) is 22.6 Å². The van der Waals surface area contributed by atoms with Crippen LogP contribution in [0.1, 0.15) is 0 Å². The van der Waals surface area contributed by atoms with Crippen molar-refractivity contribution in [1.29, 1.82) is 0 Å². The average Bonchev–Trinajstić information content (AvgIpc) is 3.35. The fraction of sp³-hybridized carbons (Fsp3) is 0.353. The van der Waals surface area contributed by atoms with Crippen molar-refractivity contribution in [3.05, 3.63) is 31.0 Å². The van der Waals surface area contributed by atoms with Gasteiger partial charge in [-0.25, -0.2) is 24.6 Å². The van der Waals surface area contributed by atoms with Crippen molar-refractivity contribution in [3.8, 4) is 17.0 Å². The first-order valence-electron chi connectivity index (χ1n) is 9.08. The molecule has 4 aromatic rings. The molecule has 12 nitrogen and oxygen atoms in total. The van der Waals surface area contributed by atoms with Crippen LogP contribution in [0.15, 0.2) is 31.0 Å². The molecule has 1 aliphatic heterocycles. The van der Waals surface area contributed by atoms with Gasteiger partial charge in [0.15, 0.2) is 11.4 Å². The third-order valence-corrected chi connectivity index (χ3v) is 4.65. The van der Waals surface area contributed by atoms with Gasteiger partial charge in [-0.1, -0.05) is 5.21 Å². The van der Waals surface area contributed by atoms with Crippen molar-refractivity contribution in [1.82, 2.24) is 44.7 Å². The minimum atomic E-state index is -0.144. The van der Waals surface area contributed by atoms with Crippen LogP contribution in [0.4, 0.5) is 5.95 Å². The maximum atomic E-state index is 9.38. The number of hydrogen-bond acceptors (Lipinski definition) is 10. The van der Waals surface area contributed by atoms with Crippen LogP contribution in [0.2, 0.25) is 0 Å². The Labute approximate surface area is 164 Å². The first-order valence-corrected chi connectivity index (χ1v) is 9.08. The summed E-state index contributed by atoms with van der Waals surface area (Å²) in [5.41, 5.74) is 2.65. The molecule has 148 valence electrons. The number of anilines is 1. The summed E-state index contributed by atoms with van der Waals surface area (Å²) in [6, 6.07) is 0. The van der Waals surface area contributed by atoms with E-state index in [2.05, 4.69) is 35.3 Å². The van der Waals surface area contributed by atoms with E-state index in [0.29, 0.717) is 49.2 Å². The molecule has 1 fully saturated rings. The highest BCUT2D eigenvalue weighted by Gasteiger charge is 2.24. The Hall–Kier alpha value is -3.67. The fourth-order valence-corrected chi connectivity index (χ4v) is 3.25. The van der Waals surface area contributed by atoms with Gasteiger partial charge in [0, 0.05) is 31.9 Å². The molecule has 1 aliphatic rings. The highest BCUT2D eigenvalue weighted by Crippen LogP contribution is 2.19. The Morgan fingerprint density at radius 1 is 1.17 bits per heavy atom. The predicted molar refractivity (Wildman–Crippen MR) is 101 cm³/mol. The molecule has 4 aromatic heterocycles. The van der Waals surface area contributed by atoms with Gasteiger partial charge in [0.2, 0.25) is 11.6 Å². The number of hydrogen-bond donors (Lipinski definition) is 1. The molecule has 0 saturated carbocycles. The Kier molecular flexibility index (Phi) is 4.24. The number of nitrogens with zero attached hydrogens (tertiary/aromatic N) is 10. The molecule has 0 amide bonds. The summed E-state index contributed by atoms with van der Waals surface area (Å²) in [6.45, 7) is 2.26. The standard InChI is InChI=1S/C17H18N10O2/c1-25-8-11(4-21-25)14-7-18-15-16(22-14)27(24-23-15)10-13-9-26(2-3-29-13)17-19-5-12(28)6-20-17/h4-8,13,28H,2-3,9-10H2,1H3. The Morgan fingerprint density at radius 3 is 2.83 bits per heavy atom. The van der Waals surface area contributed by atoms with Gasteiger partial charge in [-0.3, -0.25) is 4.68 Å². The lowest BCUT2D eigenvalue weighted by molar-refractivity contribution is 0.0272. The molecule has 0 aromatic carbocycles. The summed E-state index contributed by atoms with van der Waals surface area (Å²) >= 11 is 0. The van der Waals surface area contributed by atoms with Crippen LogP contribution in [0.5, 0.6) is 5.75 Å². The van der Waals surface area contributed by atoms with Crippen molar-refractivity contribution in [2.24, 2.45) is 7.05 Å². The summed E-state index contributed by atoms with van der Waals surface area (Å²) < 4.78 is 9.31. The molecule has 29 heavy (non-hydrogen) atoms. The van der Waals surface area contributed by atoms with E-state index in [9.17, 15) is 5.11 Å². The molecular weight excluding hydrogens is 376 g/mol. The molecule has 5 heterocycles. The zero-order chi connectivity index (χ0) is 19.8. The minimum absolute atomic E-state index is 0.0376. The molecular formula is C17H18N10O2. The number of rotatable bonds is 4. The molecule has 1 N–H and O–H groups in total. The third kappa shape index (κ3) is 3.45. The number of aryl methyl sites for hydroxylation is 1. The highest BCUT2D eigenvalue weighted by molar-refractivity contribution is 5.69. The molecule has 0 bridgehead atoms. The molecule has 5 rings (SSSR count). The lowest BCUT2D eigenvalue weighted by Gasteiger charge is -2.32. The normalized spacial score (nSPS) is 17.1. The summed E-state index contributed by atoms with van der Waals surface area (Å²) in [7, 11) is 1.85. The highest BCUT2D eigenvalue weighted by atomic mass is 16.5. The maximum Gasteiger partial charge on any atom is 0.225 e. The molecule has 1 atom stereocenters. The van der Waals surface area contributed by atoms with E-state index in [1.54, 1.807) is 21.8 Å². The predicted octanol–water partition coefficient (Wildman–Crippen LogP) is 0.0228. The Morgan fingerprint density at radius 2 is 2.03 bits per heavy atom. The molecule has 12 heteroatoms. The number of ether oxygens (including phenoxy) is 1. The van der Waals surface area contributed by atoms with E-state index in [1.165, 1.54) is 12.4 Å². The zero-order valence-corrected chi connectivity index (χ0v) is 15.6. The van der Waals surface area contributed by atoms with Gasteiger partial charge in [-0.05, 0) is 0 Å². The van der Waals surface area contributed by atoms with E-state index in [4.69, 9.17) is 4.74 Å². The molecule has 0 aliphatic carbocycles. The van der Waals surface area contributed by atoms with Gasteiger partial charge in [0.25, 0.3) is 0 Å². The molecule has 0 spiro atoms. The zero-order valence-electron chi connectivity index (χ0n) is 15.6. The summed E-state index contributed by atoms with van der Waals surface area (Å²) in [6.07, 6.45) is 7.91. The van der Waals surface area contributed by atoms with Crippen LogP contribution in [-0.4, -0.2) is 75.6 Å². The number of morpholine rings is 1. The second-order valence-corrected chi connectivity index (χ2v) is 6.76. The van der Waals surface area contributed by atoms with Gasteiger partial charge in [0.1, 0.15) is 0 Å². The van der Waals surface area contributed by atoms with Crippen LogP contribution in [0, 0.1) is 0 Å². The first-order chi connectivity index (χ1) is 14.2. The lowest BCUT2D eigenvalue weighted by Crippen LogP contribution is -2.45. The maximum absolute atomic E-state index is 9.38. The fourth-order valence-electron chi connectivity index (χ4n) is 3.25. The van der Waals surface area contributed by atoms with Gasteiger partial charge < -0.3 is 14.7 Å². The van der Waals surface area contributed by atoms with Gasteiger partial charge in [-0.15, -0.1) is 5.10 Å². The molecule has 1 unspecified atom stereocenters. The Bertz CT molecular complexity index is 1140. The van der Waals surface area contributed by atoms with E-state index < -0.39 is 0 Å². The molecule has 0 radical (unpaired) electrons. The number of aromatic hydroxyl groups is 1. The minimum Gasteiger partial charge on any atom is -0.505 e. The summed E-state index contributed by atoms with van der Waals surface area (Å²) in [5, 5.41) is 21.9. The van der Waals surface area contributed by atoms with Crippen LogP contribution in [-0.2, 0) is 18.3 Å². The lowest BCUT2D eigenvalue weighted by atomic mass is 10.2. The smallest absolute Gasteiger partial charge is 0.225 e. The van der Waals surface area contributed by atoms with Gasteiger partial charge in [0.05, 0.1) is 49.7 Å². The molecule has 1 saturated heterocycles. The van der Waals surface area contributed by atoms with Crippen molar-refractivity contribution in [3.63, 3.8) is 0 Å². The summed E-state index contributed by atoms with van der Waals surface area (Å²) in [5.74, 6) is 0.592. The largest absolute Gasteiger partial charge is 0.505 e. The monoisotopic (exact) mass is 394 g/mol. The Balaban J connectivity index is 1.37. The van der Waals surface area contributed by atoms with Crippen molar-refractivity contribution in [2.75, 3.05) is 24.6 Å². The quantitative estimate of drug-likeness (QED) is 0.505. The third-order valence-electron chi connectivity index (χ3n) is 4.65. The van der Waals surface area contributed by atoms with Crippen molar-refractivity contribution >= 4 is 17.2 Å². The van der Waals surface area contributed by atoms with Crippen molar-refractivity contribution in [2.45, 2.75) is 12.6 Å². The summed E-state index contributed by atoms with van der Waals surface area (Å²) in [4.78, 5) is 19.4. The SMILES string of the molecule is Cn1cc(-c2cnc3nnn(CC4CN(c5ncc(O)cn5)CCO4)c3n2)cn1. The number of fused-ring (bicyclic) bond motifs is 1. The van der Waals surface area contributed by atoms with E-state index in [-0.39, 0.29) is 11.9 Å². The number of aromatic nitrogens is 9. The topological polar surface area (TPSA) is 133 Å². The second kappa shape index (κ2) is 7.05. The van der Waals surface area contributed by atoms with Crippen molar-refractivity contribution < 1.29 is 9.84 Å². The van der Waals surface area contributed by atoms with Gasteiger partial charge >= 0.3 is 0 Å². The second-order valence-electron chi connectivity index (χ2n) is 6.76. The first kappa shape index (κ1) is 17.4. The van der Waals surface area contributed by atoms with Crippen LogP contribution in [0.3, 0.4) is 0 Å². The average molecular weight is 394 g/mol. The van der Waals surface area contributed by atoms with E-state index in [0.717, 1.165) is 5.56 Å². The van der Waals surface area contributed by atoms with E-state index in [1.807, 2.05) is 18.1 Å². The van der Waals surface area contributed by atoms with Gasteiger partial charge in [-0.2, -0.15) is 5.10 Å².